The fourth-order valence-corrected chi connectivity index (χ4v) is 7.08. The number of ether oxygens (including phenoxy) is 1. The van der Waals surface area contributed by atoms with Crippen LogP contribution in [-0.4, -0.2) is 63.0 Å². The second kappa shape index (κ2) is 13.6. The number of piperidine rings is 1. The lowest BCUT2D eigenvalue weighted by atomic mass is 9.59. The van der Waals surface area contributed by atoms with Crippen LogP contribution in [0.15, 0.2) is 54.6 Å². The summed E-state index contributed by atoms with van der Waals surface area (Å²) in [7, 11) is 1.60. The number of amides is 1. The SMILES string of the molecule is CNC(=O)O[C@@H]1CCC[C@H]1C(C#N)(c1ccccc1)C1CCN(CC2CN(c3ccc(C)cc3)C2)CC1.O=C=O. The maximum Gasteiger partial charge on any atom is 0.407 e. The number of benzene rings is 2. The predicted octanol–water partition coefficient (Wildman–Crippen LogP) is 4.55. The molecule has 2 aliphatic heterocycles. The molecular weight excluding hydrogens is 504 g/mol. The Morgan fingerprint density at radius 1 is 1.02 bits per heavy atom. The molecule has 0 radical (unpaired) electrons. The summed E-state index contributed by atoms with van der Waals surface area (Å²) in [6.45, 7) is 7.55. The van der Waals surface area contributed by atoms with E-state index in [9.17, 15) is 10.1 Å². The molecule has 3 fully saturated rings. The van der Waals surface area contributed by atoms with Crippen molar-refractivity contribution in [3.8, 4) is 6.07 Å². The Balaban J connectivity index is 0.00000118. The first-order valence-electron chi connectivity index (χ1n) is 14.3. The van der Waals surface area contributed by atoms with E-state index in [2.05, 4.69) is 64.5 Å². The number of nitrogens with one attached hydrogen (secondary N) is 1. The van der Waals surface area contributed by atoms with E-state index in [1.807, 2.05) is 18.2 Å². The lowest BCUT2D eigenvalue weighted by Gasteiger charge is -2.47. The molecule has 5 rings (SSSR count). The monoisotopic (exact) mass is 544 g/mol. The van der Waals surface area contributed by atoms with Gasteiger partial charge in [-0.05, 0) is 75.7 Å². The molecule has 2 aromatic rings. The van der Waals surface area contributed by atoms with Crippen LogP contribution in [-0.2, 0) is 19.7 Å². The number of nitriles is 1. The fraction of sp³-hybridized carbons (Fsp3) is 0.531. The summed E-state index contributed by atoms with van der Waals surface area (Å²) in [5.41, 5.74) is 3.08. The molecule has 0 bridgehead atoms. The molecule has 8 nitrogen and oxygen atoms in total. The molecule has 40 heavy (non-hydrogen) atoms. The molecule has 212 valence electrons. The zero-order chi connectivity index (χ0) is 28.5. The highest BCUT2D eigenvalue weighted by atomic mass is 16.6. The number of carbonyl (C=O) groups is 1. The minimum Gasteiger partial charge on any atom is -0.446 e. The van der Waals surface area contributed by atoms with Crippen LogP contribution >= 0.6 is 0 Å². The predicted molar refractivity (Wildman–Crippen MR) is 151 cm³/mol. The molecular formula is C32H40N4O4. The zero-order valence-corrected chi connectivity index (χ0v) is 23.6. The maximum atomic E-state index is 12.1. The van der Waals surface area contributed by atoms with Gasteiger partial charge >= 0.3 is 12.2 Å². The molecule has 3 aliphatic rings. The van der Waals surface area contributed by atoms with Crippen LogP contribution in [0, 0.1) is 36.0 Å². The number of rotatable bonds is 7. The standard InChI is InChI=1S/C31H40N4O2.CO2/c1-23-11-13-27(14-12-23)35-20-24(21-35)19-34-17-15-26(16-18-34)31(22-32,25-7-4-3-5-8-25)28-9-6-10-29(28)37-30(36)33-2;2-1-3/h3-5,7-8,11-14,24,26,28-29H,6,9-10,15-21H2,1-2H3,(H,33,36);/t28-,29-,31?;/m1./s1. The first-order valence-corrected chi connectivity index (χ1v) is 14.3. The molecule has 0 aromatic heterocycles. The van der Waals surface area contributed by atoms with Gasteiger partial charge in [-0.3, -0.25) is 0 Å². The smallest absolute Gasteiger partial charge is 0.407 e. The van der Waals surface area contributed by atoms with Crippen molar-refractivity contribution in [1.29, 1.82) is 5.26 Å². The molecule has 1 unspecified atom stereocenters. The highest BCUT2D eigenvalue weighted by molar-refractivity contribution is 5.67. The molecule has 2 saturated heterocycles. The molecule has 0 spiro atoms. The Kier molecular flexibility index (Phi) is 9.98. The van der Waals surface area contributed by atoms with Gasteiger partial charge in [0.15, 0.2) is 0 Å². The van der Waals surface area contributed by atoms with Gasteiger partial charge in [0.2, 0.25) is 0 Å². The summed E-state index contributed by atoms with van der Waals surface area (Å²) in [5.74, 6) is 0.969. The summed E-state index contributed by atoms with van der Waals surface area (Å²) in [6, 6.07) is 22.0. The van der Waals surface area contributed by atoms with Gasteiger partial charge in [-0.2, -0.15) is 14.9 Å². The van der Waals surface area contributed by atoms with Gasteiger partial charge < -0.3 is 19.9 Å². The highest BCUT2D eigenvalue weighted by Crippen LogP contribution is 2.51. The van der Waals surface area contributed by atoms with E-state index >= 15 is 0 Å². The third-order valence-electron chi connectivity index (χ3n) is 9.04. The Labute approximate surface area is 237 Å². The lowest BCUT2D eigenvalue weighted by molar-refractivity contribution is -0.191. The molecule has 2 aromatic carbocycles. The number of hydrogen-bond donors (Lipinski definition) is 1. The minimum absolute atomic E-state index is 0.0171. The number of carbonyl (C=O) groups excluding carboxylic acids is 3. The summed E-state index contributed by atoms with van der Waals surface area (Å²) < 4.78 is 5.83. The number of hydrogen-bond acceptors (Lipinski definition) is 7. The largest absolute Gasteiger partial charge is 0.446 e. The van der Waals surface area contributed by atoms with E-state index in [0.717, 1.165) is 70.4 Å². The molecule has 2 heterocycles. The van der Waals surface area contributed by atoms with Crippen molar-refractivity contribution in [2.45, 2.75) is 50.5 Å². The van der Waals surface area contributed by atoms with Crippen molar-refractivity contribution in [3.63, 3.8) is 0 Å². The highest BCUT2D eigenvalue weighted by Gasteiger charge is 2.53. The number of likely N-dealkylation sites (tertiary alicyclic amines) is 1. The molecule has 3 atom stereocenters. The Morgan fingerprint density at radius 2 is 1.68 bits per heavy atom. The second-order valence-electron chi connectivity index (χ2n) is 11.3. The number of nitrogens with zero attached hydrogens (tertiary/aromatic N) is 3. The molecule has 1 aliphatic carbocycles. The van der Waals surface area contributed by atoms with Crippen LogP contribution in [0.25, 0.3) is 0 Å². The van der Waals surface area contributed by atoms with Gasteiger partial charge in [0, 0.05) is 44.2 Å². The van der Waals surface area contributed by atoms with E-state index in [1.54, 1.807) is 7.05 Å². The van der Waals surface area contributed by atoms with E-state index in [1.165, 1.54) is 11.3 Å². The summed E-state index contributed by atoms with van der Waals surface area (Å²) >= 11 is 0. The van der Waals surface area contributed by atoms with E-state index in [4.69, 9.17) is 14.3 Å². The molecule has 1 saturated carbocycles. The average Bonchev–Trinajstić information content (AvgIpc) is 3.42. The van der Waals surface area contributed by atoms with Crippen LogP contribution in [0.1, 0.15) is 43.2 Å². The van der Waals surface area contributed by atoms with Crippen LogP contribution in [0.4, 0.5) is 10.5 Å². The van der Waals surface area contributed by atoms with Gasteiger partial charge in [-0.1, -0.05) is 48.0 Å². The van der Waals surface area contributed by atoms with Crippen LogP contribution < -0.4 is 10.2 Å². The molecule has 1 amide bonds. The summed E-state index contributed by atoms with van der Waals surface area (Å²) in [4.78, 5) is 33.5. The number of aryl methyl sites for hydroxylation is 1. The van der Waals surface area contributed by atoms with Crippen molar-refractivity contribution in [2.24, 2.45) is 17.8 Å². The Bertz CT molecular complexity index is 1180. The number of anilines is 1. The summed E-state index contributed by atoms with van der Waals surface area (Å²) in [6.07, 6.45) is 4.36. The van der Waals surface area contributed by atoms with E-state index in [-0.39, 0.29) is 24.1 Å². The first-order chi connectivity index (χ1) is 19.4. The van der Waals surface area contributed by atoms with Crippen LogP contribution in [0.5, 0.6) is 0 Å². The fourth-order valence-electron chi connectivity index (χ4n) is 7.08. The van der Waals surface area contributed by atoms with E-state index < -0.39 is 11.5 Å². The third-order valence-corrected chi connectivity index (χ3v) is 9.04. The van der Waals surface area contributed by atoms with Crippen molar-refractivity contribution in [3.05, 3.63) is 65.7 Å². The topological polar surface area (TPSA) is 103 Å². The zero-order valence-electron chi connectivity index (χ0n) is 23.6. The summed E-state index contributed by atoms with van der Waals surface area (Å²) in [5, 5.41) is 13.4. The second-order valence-corrected chi connectivity index (χ2v) is 11.3. The quantitative estimate of drug-likeness (QED) is 0.546. The van der Waals surface area contributed by atoms with Crippen LogP contribution in [0.3, 0.4) is 0 Å². The first kappa shape index (κ1) is 29.3. The van der Waals surface area contributed by atoms with E-state index in [0.29, 0.717) is 5.92 Å². The molecule has 8 heteroatoms. The van der Waals surface area contributed by atoms with Crippen LogP contribution in [0.2, 0.25) is 0 Å². The average molecular weight is 545 g/mol. The van der Waals surface area contributed by atoms with Crippen molar-refractivity contribution >= 4 is 17.9 Å². The minimum atomic E-state index is -0.638. The Morgan fingerprint density at radius 3 is 2.27 bits per heavy atom. The van der Waals surface area contributed by atoms with Crippen molar-refractivity contribution in [2.75, 3.05) is 44.7 Å². The Hall–Kier alpha value is -3.66. The number of alkyl carbamates (subject to hydrolysis) is 1. The van der Waals surface area contributed by atoms with Gasteiger partial charge in [0.1, 0.15) is 6.10 Å². The van der Waals surface area contributed by atoms with Crippen molar-refractivity contribution in [1.82, 2.24) is 10.2 Å². The van der Waals surface area contributed by atoms with Gasteiger partial charge in [-0.15, -0.1) is 0 Å². The maximum absolute atomic E-state index is 12.1. The van der Waals surface area contributed by atoms with Crippen molar-refractivity contribution < 1.29 is 19.1 Å². The van der Waals surface area contributed by atoms with Gasteiger partial charge in [-0.25, -0.2) is 4.79 Å². The van der Waals surface area contributed by atoms with Gasteiger partial charge in [0.05, 0.1) is 11.5 Å². The third kappa shape index (κ3) is 6.38. The normalized spacial score (nSPS) is 23.0. The van der Waals surface area contributed by atoms with Gasteiger partial charge in [0.25, 0.3) is 0 Å². The lowest BCUT2D eigenvalue weighted by Crippen LogP contribution is -2.54. The molecule has 1 N–H and O–H groups in total.